The van der Waals surface area contributed by atoms with Gasteiger partial charge in [0.15, 0.2) is 0 Å². The minimum Gasteiger partial charge on any atom is -0.388 e. The summed E-state index contributed by atoms with van der Waals surface area (Å²) in [5.74, 6) is -0.467. The van der Waals surface area contributed by atoms with Crippen molar-refractivity contribution in [3.05, 3.63) is 59.4 Å². The van der Waals surface area contributed by atoms with Crippen LogP contribution < -0.4 is 4.31 Å². The summed E-state index contributed by atoms with van der Waals surface area (Å²) >= 11 is 0. The van der Waals surface area contributed by atoms with Gasteiger partial charge in [-0.1, -0.05) is 18.2 Å². The first-order valence-corrected chi connectivity index (χ1v) is 8.41. The largest absolute Gasteiger partial charge is 0.388 e. The molecule has 1 N–H and O–H groups in total. The molecule has 0 bridgehead atoms. The highest BCUT2D eigenvalue weighted by atomic mass is 32.2. The van der Waals surface area contributed by atoms with Gasteiger partial charge >= 0.3 is 0 Å². The summed E-state index contributed by atoms with van der Waals surface area (Å²) in [6.07, 6.45) is -0.340. The van der Waals surface area contributed by atoms with E-state index >= 15 is 0 Å². The highest BCUT2D eigenvalue weighted by Gasteiger charge is 2.33. The minimum atomic E-state index is -3.79. The van der Waals surface area contributed by atoms with E-state index in [0.29, 0.717) is 23.2 Å². The fourth-order valence-electron chi connectivity index (χ4n) is 2.78. The Labute approximate surface area is 128 Å². The van der Waals surface area contributed by atoms with Crippen LogP contribution in [0.15, 0.2) is 47.4 Å². The lowest BCUT2D eigenvalue weighted by atomic mass is 10.0. The Bertz CT molecular complexity index is 820. The molecule has 1 aliphatic heterocycles. The maximum Gasteiger partial charge on any atom is 0.264 e. The van der Waals surface area contributed by atoms with Crippen LogP contribution in [0.1, 0.15) is 23.7 Å². The van der Waals surface area contributed by atoms with Gasteiger partial charge in [-0.25, -0.2) is 12.8 Å². The van der Waals surface area contributed by atoms with Gasteiger partial charge in [0.1, 0.15) is 5.82 Å². The molecule has 22 heavy (non-hydrogen) atoms. The third kappa shape index (κ3) is 2.38. The minimum absolute atomic E-state index is 0.0834. The zero-order chi connectivity index (χ0) is 15.9. The van der Waals surface area contributed by atoms with E-state index in [1.165, 1.54) is 16.4 Å². The number of rotatable bonds is 2. The predicted molar refractivity (Wildman–Crippen MR) is 81.7 cm³/mol. The van der Waals surface area contributed by atoms with Crippen LogP contribution in [0.25, 0.3) is 0 Å². The highest BCUT2D eigenvalue weighted by Crippen LogP contribution is 2.37. The first kappa shape index (κ1) is 15.0. The monoisotopic (exact) mass is 321 g/mol. The molecule has 1 heterocycles. The summed E-state index contributed by atoms with van der Waals surface area (Å²) < 4.78 is 40.3. The molecule has 4 nitrogen and oxygen atoms in total. The second-order valence-corrected chi connectivity index (χ2v) is 7.18. The van der Waals surface area contributed by atoms with Gasteiger partial charge in [0.25, 0.3) is 10.0 Å². The maximum atomic E-state index is 13.2. The number of hydrogen-bond acceptors (Lipinski definition) is 3. The SMILES string of the molecule is Cc1cc(F)ccc1S(=O)(=O)N1CCC(O)c2ccccc21. The molecule has 0 saturated heterocycles. The molecule has 6 heteroatoms. The molecule has 0 spiro atoms. The maximum absolute atomic E-state index is 13.2. The number of aliphatic hydroxyl groups is 1. The van der Waals surface area contributed by atoms with Gasteiger partial charge in [-0.15, -0.1) is 0 Å². The molecule has 1 atom stereocenters. The molecule has 1 unspecified atom stereocenters. The number of anilines is 1. The Morgan fingerprint density at radius 3 is 2.68 bits per heavy atom. The van der Waals surface area contributed by atoms with Gasteiger partial charge in [-0.3, -0.25) is 4.31 Å². The topological polar surface area (TPSA) is 57.6 Å². The average Bonchev–Trinajstić information content (AvgIpc) is 2.47. The summed E-state index contributed by atoms with van der Waals surface area (Å²) in [6, 6.07) is 10.5. The number of benzene rings is 2. The lowest BCUT2D eigenvalue weighted by molar-refractivity contribution is 0.166. The third-order valence-corrected chi connectivity index (χ3v) is 5.85. The van der Waals surface area contributed by atoms with Crippen LogP contribution in [-0.4, -0.2) is 20.1 Å². The zero-order valence-corrected chi connectivity index (χ0v) is 12.8. The quantitative estimate of drug-likeness (QED) is 0.925. The van der Waals surface area contributed by atoms with E-state index < -0.39 is 21.9 Å². The van der Waals surface area contributed by atoms with E-state index in [1.54, 1.807) is 31.2 Å². The normalized spacial score (nSPS) is 18.1. The van der Waals surface area contributed by atoms with Crippen LogP contribution in [0.2, 0.25) is 0 Å². The van der Waals surface area contributed by atoms with Crippen LogP contribution in [0.3, 0.4) is 0 Å². The zero-order valence-electron chi connectivity index (χ0n) is 12.0. The summed E-state index contributed by atoms with van der Waals surface area (Å²) in [5, 5.41) is 10.0. The van der Waals surface area contributed by atoms with Crippen molar-refractivity contribution in [3.8, 4) is 0 Å². The van der Waals surface area contributed by atoms with Crippen molar-refractivity contribution in [3.63, 3.8) is 0 Å². The number of para-hydroxylation sites is 1. The van der Waals surface area contributed by atoms with Crippen LogP contribution in [0.4, 0.5) is 10.1 Å². The number of hydrogen-bond donors (Lipinski definition) is 1. The molecule has 0 aliphatic carbocycles. The van der Waals surface area contributed by atoms with Gasteiger partial charge in [0.05, 0.1) is 16.7 Å². The molecule has 0 amide bonds. The molecular formula is C16H16FNO3S. The summed E-state index contributed by atoms with van der Waals surface area (Å²) in [6.45, 7) is 1.76. The van der Waals surface area contributed by atoms with E-state index in [-0.39, 0.29) is 11.4 Å². The van der Waals surface area contributed by atoms with Gasteiger partial charge in [-0.2, -0.15) is 0 Å². The van der Waals surface area contributed by atoms with Gasteiger partial charge in [0.2, 0.25) is 0 Å². The second-order valence-electron chi connectivity index (χ2n) is 5.35. The number of sulfonamides is 1. The summed E-state index contributed by atoms with van der Waals surface area (Å²) in [4.78, 5) is 0.0834. The van der Waals surface area contributed by atoms with Crippen molar-refractivity contribution in [2.45, 2.75) is 24.3 Å². The van der Waals surface area contributed by atoms with E-state index in [2.05, 4.69) is 0 Å². The highest BCUT2D eigenvalue weighted by molar-refractivity contribution is 7.92. The number of aliphatic hydroxyl groups excluding tert-OH is 1. The molecule has 0 aromatic heterocycles. The molecule has 2 aromatic carbocycles. The molecule has 116 valence electrons. The Hall–Kier alpha value is -1.92. The fraction of sp³-hybridized carbons (Fsp3) is 0.250. The van der Waals surface area contributed by atoms with Crippen LogP contribution >= 0.6 is 0 Å². The molecule has 3 rings (SSSR count). The van der Waals surface area contributed by atoms with E-state index in [9.17, 15) is 17.9 Å². The van der Waals surface area contributed by atoms with Gasteiger partial charge in [0, 0.05) is 12.1 Å². The van der Waals surface area contributed by atoms with E-state index in [4.69, 9.17) is 0 Å². The Balaban J connectivity index is 2.13. The number of halogens is 1. The first-order valence-electron chi connectivity index (χ1n) is 6.97. The summed E-state index contributed by atoms with van der Waals surface area (Å²) in [5.41, 5.74) is 1.44. The van der Waals surface area contributed by atoms with Gasteiger partial charge in [-0.05, 0) is 43.2 Å². The average molecular weight is 321 g/mol. The Kier molecular flexibility index (Phi) is 3.66. The lowest BCUT2D eigenvalue weighted by Crippen LogP contribution is -2.37. The summed E-state index contributed by atoms with van der Waals surface area (Å²) in [7, 11) is -3.79. The lowest BCUT2D eigenvalue weighted by Gasteiger charge is -2.33. The van der Waals surface area contributed by atoms with Crippen molar-refractivity contribution < 1.29 is 17.9 Å². The molecule has 0 radical (unpaired) electrons. The van der Waals surface area contributed by atoms with E-state index in [1.807, 2.05) is 0 Å². The number of nitrogens with zero attached hydrogens (tertiary/aromatic N) is 1. The van der Waals surface area contributed by atoms with Crippen LogP contribution in [0.5, 0.6) is 0 Å². The Morgan fingerprint density at radius 2 is 1.95 bits per heavy atom. The molecule has 2 aromatic rings. The van der Waals surface area contributed by atoms with Gasteiger partial charge < -0.3 is 5.11 Å². The van der Waals surface area contributed by atoms with Crippen molar-refractivity contribution in [1.82, 2.24) is 0 Å². The third-order valence-electron chi connectivity index (χ3n) is 3.88. The molecular weight excluding hydrogens is 305 g/mol. The number of aryl methyl sites for hydroxylation is 1. The first-order chi connectivity index (χ1) is 10.4. The van der Waals surface area contributed by atoms with E-state index in [0.717, 1.165) is 6.07 Å². The Morgan fingerprint density at radius 1 is 1.23 bits per heavy atom. The smallest absolute Gasteiger partial charge is 0.264 e. The molecule has 1 aliphatic rings. The number of fused-ring (bicyclic) bond motifs is 1. The van der Waals surface area contributed by atoms with Crippen LogP contribution in [0, 0.1) is 12.7 Å². The second kappa shape index (κ2) is 5.37. The van der Waals surface area contributed by atoms with Crippen molar-refractivity contribution in [2.24, 2.45) is 0 Å². The van der Waals surface area contributed by atoms with Crippen molar-refractivity contribution in [2.75, 3.05) is 10.8 Å². The van der Waals surface area contributed by atoms with Crippen molar-refractivity contribution >= 4 is 15.7 Å². The predicted octanol–water partition coefficient (Wildman–Crippen LogP) is 2.77. The van der Waals surface area contributed by atoms with Crippen molar-refractivity contribution in [1.29, 1.82) is 0 Å². The van der Waals surface area contributed by atoms with Crippen LogP contribution in [-0.2, 0) is 10.0 Å². The molecule has 0 fully saturated rings. The fourth-order valence-corrected chi connectivity index (χ4v) is 4.50. The molecule has 0 saturated carbocycles. The standard InChI is InChI=1S/C16H16FNO3S/c1-11-10-12(17)6-7-16(11)22(20,21)18-9-8-15(19)13-4-2-3-5-14(13)18/h2-7,10,15,19H,8-9H2,1H3.